The molecule has 1 amide bonds. The van der Waals surface area contributed by atoms with Gasteiger partial charge in [0.05, 0.1) is 26.2 Å². The second kappa shape index (κ2) is 6.45. The molecule has 7 nitrogen and oxygen atoms in total. The quantitative estimate of drug-likeness (QED) is 0.611. The molecule has 1 unspecified atom stereocenters. The van der Waals surface area contributed by atoms with Gasteiger partial charge < -0.3 is 25.8 Å². The van der Waals surface area contributed by atoms with Crippen LogP contribution < -0.4 is 11.5 Å². The highest BCUT2D eigenvalue weighted by Crippen LogP contribution is 2.18. The van der Waals surface area contributed by atoms with E-state index in [0.29, 0.717) is 36.6 Å². The van der Waals surface area contributed by atoms with Crippen LogP contribution in [0.3, 0.4) is 0 Å². The minimum atomic E-state index is -0.359. The highest BCUT2D eigenvalue weighted by molar-refractivity contribution is 5.96. The molecule has 1 aliphatic heterocycles. The summed E-state index contributed by atoms with van der Waals surface area (Å²) in [5, 5.41) is 0. The molecule has 1 aromatic carbocycles. The van der Waals surface area contributed by atoms with Crippen LogP contribution in [-0.4, -0.2) is 49.7 Å². The van der Waals surface area contributed by atoms with Gasteiger partial charge in [0, 0.05) is 30.0 Å². The molecule has 0 radical (unpaired) electrons. The van der Waals surface area contributed by atoms with Crippen molar-refractivity contribution in [3.63, 3.8) is 0 Å². The third kappa shape index (κ3) is 3.85. The minimum absolute atomic E-state index is 0.124. The number of amides is 1. The predicted octanol–water partition coefficient (Wildman–Crippen LogP) is 0.255. The molecule has 1 aromatic rings. The van der Waals surface area contributed by atoms with Gasteiger partial charge in [-0.15, -0.1) is 0 Å². The van der Waals surface area contributed by atoms with Crippen molar-refractivity contribution in [2.75, 3.05) is 38.3 Å². The summed E-state index contributed by atoms with van der Waals surface area (Å²) in [6.45, 7) is 1.18. The van der Waals surface area contributed by atoms with Crippen LogP contribution in [0.5, 0.6) is 0 Å². The van der Waals surface area contributed by atoms with Crippen LogP contribution in [0.2, 0.25) is 0 Å². The second-order valence-corrected chi connectivity index (χ2v) is 4.91. The number of hydrogen-bond donors (Lipinski definition) is 2. The maximum Gasteiger partial charge on any atom is 0.308 e. The Morgan fingerprint density at radius 1 is 1.33 bits per heavy atom. The summed E-state index contributed by atoms with van der Waals surface area (Å²) in [7, 11) is 1.32. The molecule has 1 heterocycles. The molecular formula is C14H19N3O4. The fourth-order valence-corrected chi connectivity index (χ4v) is 2.28. The molecule has 4 N–H and O–H groups in total. The zero-order valence-corrected chi connectivity index (χ0v) is 11.9. The number of nitrogen functional groups attached to an aromatic ring is 2. The van der Waals surface area contributed by atoms with E-state index in [0.717, 1.165) is 0 Å². The number of carbonyl (C=O) groups is 2. The highest BCUT2D eigenvalue weighted by atomic mass is 16.5. The Morgan fingerprint density at radius 2 is 2.00 bits per heavy atom. The molecule has 0 bridgehead atoms. The maximum atomic E-state index is 12.4. The Bertz CT molecular complexity index is 527. The van der Waals surface area contributed by atoms with Gasteiger partial charge in [-0.05, 0) is 18.2 Å². The van der Waals surface area contributed by atoms with E-state index in [-0.39, 0.29) is 24.4 Å². The van der Waals surface area contributed by atoms with E-state index in [1.807, 2.05) is 0 Å². The number of rotatable bonds is 3. The van der Waals surface area contributed by atoms with E-state index in [1.54, 1.807) is 23.1 Å². The Morgan fingerprint density at radius 3 is 2.62 bits per heavy atom. The highest BCUT2D eigenvalue weighted by Gasteiger charge is 2.27. The summed E-state index contributed by atoms with van der Waals surface area (Å²) in [6.07, 6.45) is -0.229. The number of methoxy groups -OCH3 is 1. The topological polar surface area (TPSA) is 108 Å². The van der Waals surface area contributed by atoms with Crippen LogP contribution in [0.15, 0.2) is 18.2 Å². The van der Waals surface area contributed by atoms with Gasteiger partial charge in [-0.3, -0.25) is 9.59 Å². The fraction of sp³-hybridized carbons (Fsp3) is 0.429. The molecule has 1 atom stereocenters. The van der Waals surface area contributed by atoms with Crippen LogP contribution in [-0.2, 0) is 14.3 Å². The normalized spacial score (nSPS) is 18.3. The number of nitrogens with zero attached hydrogens (tertiary/aromatic N) is 1. The Kier molecular flexibility index (Phi) is 4.64. The number of anilines is 2. The fourth-order valence-electron chi connectivity index (χ4n) is 2.28. The van der Waals surface area contributed by atoms with Gasteiger partial charge in [-0.2, -0.15) is 0 Å². The molecule has 2 rings (SSSR count). The first-order chi connectivity index (χ1) is 9.99. The van der Waals surface area contributed by atoms with Gasteiger partial charge in [0.1, 0.15) is 0 Å². The largest absolute Gasteiger partial charge is 0.469 e. The first-order valence-corrected chi connectivity index (χ1v) is 6.63. The van der Waals surface area contributed by atoms with Crippen molar-refractivity contribution >= 4 is 23.3 Å². The number of morpholine rings is 1. The van der Waals surface area contributed by atoms with Gasteiger partial charge in [0.25, 0.3) is 5.91 Å². The van der Waals surface area contributed by atoms with Crippen LogP contribution in [0.25, 0.3) is 0 Å². The van der Waals surface area contributed by atoms with E-state index < -0.39 is 0 Å². The lowest BCUT2D eigenvalue weighted by Crippen LogP contribution is -2.46. The molecule has 1 saturated heterocycles. The lowest BCUT2D eigenvalue weighted by Gasteiger charge is -2.32. The first-order valence-electron chi connectivity index (χ1n) is 6.63. The van der Waals surface area contributed by atoms with E-state index in [4.69, 9.17) is 16.2 Å². The summed E-state index contributed by atoms with van der Waals surface area (Å²) in [6, 6.07) is 4.77. The van der Waals surface area contributed by atoms with Crippen molar-refractivity contribution < 1.29 is 19.1 Å². The van der Waals surface area contributed by atoms with Gasteiger partial charge >= 0.3 is 5.97 Å². The number of nitrogens with two attached hydrogens (primary N) is 2. The maximum absolute atomic E-state index is 12.4. The molecule has 0 aromatic heterocycles. The zero-order valence-electron chi connectivity index (χ0n) is 11.9. The van der Waals surface area contributed by atoms with Crippen molar-refractivity contribution in [1.82, 2.24) is 4.90 Å². The van der Waals surface area contributed by atoms with Crippen LogP contribution >= 0.6 is 0 Å². The predicted molar refractivity (Wildman–Crippen MR) is 77.5 cm³/mol. The SMILES string of the molecule is COC(=O)CC1CN(C(=O)c2cc(N)cc(N)c2)CCO1. The number of hydrogen-bond acceptors (Lipinski definition) is 6. The van der Waals surface area contributed by atoms with Gasteiger partial charge in [-0.25, -0.2) is 0 Å². The molecule has 21 heavy (non-hydrogen) atoms. The summed E-state index contributed by atoms with van der Waals surface area (Å²) in [5.74, 6) is -0.533. The van der Waals surface area contributed by atoms with Crippen molar-refractivity contribution in [2.24, 2.45) is 0 Å². The summed E-state index contributed by atoms with van der Waals surface area (Å²) >= 11 is 0. The second-order valence-electron chi connectivity index (χ2n) is 4.91. The number of ether oxygens (including phenoxy) is 2. The Balaban J connectivity index is 2.06. The van der Waals surface area contributed by atoms with Crippen LogP contribution in [0.4, 0.5) is 11.4 Å². The monoisotopic (exact) mass is 293 g/mol. The summed E-state index contributed by atoms with van der Waals surface area (Å²) in [5.41, 5.74) is 12.7. The molecule has 0 aliphatic carbocycles. The zero-order chi connectivity index (χ0) is 15.4. The smallest absolute Gasteiger partial charge is 0.308 e. The molecule has 1 aliphatic rings. The number of carbonyl (C=O) groups excluding carboxylic acids is 2. The summed E-state index contributed by atoms with van der Waals surface area (Å²) < 4.78 is 10.1. The molecule has 0 spiro atoms. The van der Waals surface area contributed by atoms with Crippen molar-refractivity contribution in [3.8, 4) is 0 Å². The van der Waals surface area contributed by atoms with E-state index in [1.165, 1.54) is 7.11 Å². The Labute approximate surface area is 122 Å². The molecule has 7 heteroatoms. The minimum Gasteiger partial charge on any atom is -0.469 e. The lowest BCUT2D eigenvalue weighted by molar-refractivity contribution is -0.145. The average molecular weight is 293 g/mol. The van der Waals surface area contributed by atoms with Gasteiger partial charge in [-0.1, -0.05) is 0 Å². The third-order valence-electron chi connectivity index (χ3n) is 3.27. The lowest BCUT2D eigenvalue weighted by atomic mass is 10.1. The van der Waals surface area contributed by atoms with Gasteiger partial charge in [0.15, 0.2) is 0 Å². The van der Waals surface area contributed by atoms with Crippen LogP contribution in [0.1, 0.15) is 16.8 Å². The van der Waals surface area contributed by atoms with Crippen LogP contribution in [0, 0.1) is 0 Å². The molecule has 0 saturated carbocycles. The van der Waals surface area contributed by atoms with E-state index >= 15 is 0 Å². The number of esters is 1. The van der Waals surface area contributed by atoms with Crippen molar-refractivity contribution in [1.29, 1.82) is 0 Å². The van der Waals surface area contributed by atoms with E-state index in [9.17, 15) is 9.59 Å². The third-order valence-corrected chi connectivity index (χ3v) is 3.27. The standard InChI is InChI=1S/C14H19N3O4/c1-20-13(18)7-12-8-17(2-3-21-12)14(19)9-4-10(15)6-11(16)5-9/h4-6,12H,2-3,7-8,15-16H2,1H3. The molecule has 114 valence electrons. The number of benzene rings is 1. The van der Waals surface area contributed by atoms with Crippen molar-refractivity contribution in [2.45, 2.75) is 12.5 Å². The first kappa shape index (κ1) is 15.1. The average Bonchev–Trinajstić information content (AvgIpc) is 2.45. The molecule has 1 fully saturated rings. The van der Waals surface area contributed by atoms with E-state index in [2.05, 4.69) is 4.74 Å². The Hall–Kier alpha value is -2.28. The summed E-state index contributed by atoms with van der Waals surface area (Å²) in [4.78, 5) is 25.4. The molecular weight excluding hydrogens is 274 g/mol. The van der Waals surface area contributed by atoms with Gasteiger partial charge in [0.2, 0.25) is 0 Å². The van der Waals surface area contributed by atoms with Crippen molar-refractivity contribution in [3.05, 3.63) is 23.8 Å².